The van der Waals surface area contributed by atoms with Crippen LogP contribution in [0.1, 0.15) is 31.7 Å². The SMILES string of the molecule is CC(C)C[C@H](NC(=O)C1CNc2ccccc21)C(=O)NCCO. The monoisotopic (exact) mass is 319 g/mol. The fraction of sp³-hybridized carbons (Fsp3) is 0.529. The summed E-state index contributed by atoms with van der Waals surface area (Å²) in [5, 5.41) is 17.5. The molecular weight excluding hydrogens is 294 g/mol. The Bertz CT molecular complexity index is 560. The van der Waals surface area contributed by atoms with Crippen LogP contribution in [-0.4, -0.2) is 42.7 Å². The Hall–Kier alpha value is -2.08. The smallest absolute Gasteiger partial charge is 0.242 e. The number of amides is 2. The Kier molecular flexibility index (Phi) is 5.98. The van der Waals surface area contributed by atoms with Crippen molar-refractivity contribution in [2.24, 2.45) is 5.92 Å². The fourth-order valence-electron chi connectivity index (χ4n) is 2.80. The Morgan fingerprint density at radius 3 is 2.78 bits per heavy atom. The highest BCUT2D eigenvalue weighted by Crippen LogP contribution is 2.31. The van der Waals surface area contributed by atoms with E-state index < -0.39 is 6.04 Å². The molecule has 0 saturated carbocycles. The van der Waals surface area contributed by atoms with Crippen LogP contribution in [-0.2, 0) is 9.59 Å². The van der Waals surface area contributed by atoms with Gasteiger partial charge in [0.25, 0.3) is 0 Å². The maximum absolute atomic E-state index is 12.6. The lowest BCUT2D eigenvalue weighted by Crippen LogP contribution is -2.49. The van der Waals surface area contributed by atoms with E-state index in [0.29, 0.717) is 13.0 Å². The van der Waals surface area contributed by atoms with Crippen molar-refractivity contribution in [2.45, 2.75) is 32.2 Å². The predicted octanol–water partition coefficient (Wildman–Crippen LogP) is 0.835. The molecule has 23 heavy (non-hydrogen) atoms. The summed E-state index contributed by atoms with van der Waals surface area (Å²) in [5.74, 6) is -0.409. The van der Waals surface area contributed by atoms with Gasteiger partial charge in [0, 0.05) is 18.8 Å². The molecule has 6 heteroatoms. The topological polar surface area (TPSA) is 90.5 Å². The number of carbonyl (C=O) groups excluding carboxylic acids is 2. The van der Waals surface area contributed by atoms with Gasteiger partial charge in [0.2, 0.25) is 11.8 Å². The van der Waals surface area contributed by atoms with Crippen molar-refractivity contribution < 1.29 is 14.7 Å². The number of aliphatic hydroxyl groups excluding tert-OH is 1. The lowest BCUT2D eigenvalue weighted by Gasteiger charge is -2.22. The Balaban J connectivity index is 2.04. The van der Waals surface area contributed by atoms with Crippen molar-refractivity contribution in [1.82, 2.24) is 10.6 Å². The molecule has 0 aromatic heterocycles. The molecule has 1 aromatic rings. The van der Waals surface area contributed by atoms with Crippen molar-refractivity contribution in [3.05, 3.63) is 29.8 Å². The number of aliphatic hydroxyl groups is 1. The van der Waals surface area contributed by atoms with Gasteiger partial charge in [-0.25, -0.2) is 0 Å². The van der Waals surface area contributed by atoms with Gasteiger partial charge in [0.15, 0.2) is 0 Å². The zero-order valence-electron chi connectivity index (χ0n) is 13.6. The van der Waals surface area contributed by atoms with Gasteiger partial charge in [-0.15, -0.1) is 0 Å². The minimum atomic E-state index is -0.582. The number of rotatable bonds is 7. The first-order valence-corrected chi connectivity index (χ1v) is 8.04. The molecule has 1 heterocycles. The van der Waals surface area contributed by atoms with Gasteiger partial charge >= 0.3 is 0 Å². The number of benzene rings is 1. The van der Waals surface area contributed by atoms with E-state index in [2.05, 4.69) is 16.0 Å². The zero-order chi connectivity index (χ0) is 16.8. The maximum Gasteiger partial charge on any atom is 0.242 e. The number of anilines is 1. The molecule has 1 unspecified atom stereocenters. The zero-order valence-corrected chi connectivity index (χ0v) is 13.6. The molecule has 1 aliphatic rings. The molecular formula is C17H25N3O3. The van der Waals surface area contributed by atoms with E-state index in [1.807, 2.05) is 38.1 Å². The van der Waals surface area contributed by atoms with Crippen LogP contribution in [0.3, 0.4) is 0 Å². The Morgan fingerprint density at radius 1 is 1.35 bits per heavy atom. The third-order valence-electron chi connectivity index (χ3n) is 3.90. The summed E-state index contributed by atoms with van der Waals surface area (Å²) >= 11 is 0. The summed E-state index contributed by atoms with van der Waals surface area (Å²) in [6.45, 7) is 4.62. The molecule has 1 aromatic carbocycles. The number of carbonyl (C=O) groups is 2. The second-order valence-corrected chi connectivity index (χ2v) is 6.23. The van der Waals surface area contributed by atoms with Gasteiger partial charge in [-0.05, 0) is 24.0 Å². The predicted molar refractivity (Wildman–Crippen MR) is 89.2 cm³/mol. The van der Waals surface area contributed by atoms with Crippen LogP contribution < -0.4 is 16.0 Å². The van der Waals surface area contributed by atoms with E-state index in [0.717, 1.165) is 11.3 Å². The molecule has 6 nitrogen and oxygen atoms in total. The minimum absolute atomic E-state index is 0.117. The van der Waals surface area contributed by atoms with Gasteiger partial charge in [-0.2, -0.15) is 0 Å². The van der Waals surface area contributed by atoms with E-state index in [1.165, 1.54) is 0 Å². The second-order valence-electron chi connectivity index (χ2n) is 6.23. The number of hydrogen-bond donors (Lipinski definition) is 4. The van der Waals surface area contributed by atoms with Crippen molar-refractivity contribution in [1.29, 1.82) is 0 Å². The third kappa shape index (κ3) is 4.45. The molecule has 2 rings (SSSR count). The summed E-state index contributed by atoms with van der Waals surface area (Å²) in [7, 11) is 0. The molecule has 126 valence electrons. The van der Waals surface area contributed by atoms with E-state index in [1.54, 1.807) is 0 Å². The highest BCUT2D eigenvalue weighted by molar-refractivity contribution is 5.92. The summed E-state index contributed by atoms with van der Waals surface area (Å²) in [4.78, 5) is 24.8. The standard InChI is InChI=1S/C17H25N3O3/c1-11(2)9-15(17(23)18-7-8-21)20-16(22)13-10-19-14-6-4-3-5-12(13)14/h3-6,11,13,15,19,21H,7-10H2,1-2H3,(H,18,23)(H,20,22)/t13?,15-/m0/s1. The lowest BCUT2D eigenvalue weighted by molar-refractivity contribution is -0.130. The number of fused-ring (bicyclic) bond motifs is 1. The van der Waals surface area contributed by atoms with Gasteiger partial charge in [0.1, 0.15) is 6.04 Å². The molecule has 0 radical (unpaired) electrons. The van der Waals surface area contributed by atoms with E-state index in [-0.39, 0.29) is 36.8 Å². The fourth-order valence-corrected chi connectivity index (χ4v) is 2.80. The van der Waals surface area contributed by atoms with Gasteiger partial charge < -0.3 is 21.1 Å². The highest BCUT2D eigenvalue weighted by Gasteiger charge is 2.31. The van der Waals surface area contributed by atoms with Gasteiger partial charge in [-0.1, -0.05) is 32.0 Å². The number of nitrogens with one attached hydrogen (secondary N) is 3. The molecule has 0 saturated heterocycles. The molecule has 0 spiro atoms. The third-order valence-corrected chi connectivity index (χ3v) is 3.90. The summed E-state index contributed by atoms with van der Waals surface area (Å²) in [6, 6.07) is 7.13. The van der Waals surface area contributed by atoms with Crippen molar-refractivity contribution in [2.75, 3.05) is 25.0 Å². The molecule has 2 atom stereocenters. The minimum Gasteiger partial charge on any atom is -0.395 e. The first kappa shape index (κ1) is 17.3. The van der Waals surface area contributed by atoms with Crippen LogP contribution in [0.5, 0.6) is 0 Å². The van der Waals surface area contributed by atoms with Crippen LogP contribution in [0.15, 0.2) is 24.3 Å². The average molecular weight is 319 g/mol. The summed E-state index contributed by atoms with van der Waals surface area (Å²) in [5.41, 5.74) is 1.93. The normalized spacial score (nSPS) is 17.3. The molecule has 4 N–H and O–H groups in total. The first-order valence-electron chi connectivity index (χ1n) is 8.04. The largest absolute Gasteiger partial charge is 0.395 e. The maximum atomic E-state index is 12.6. The molecule has 0 fully saturated rings. The summed E-state index contributed by atoms with van der Waals surface area (Å²) in [6.07, 6.45) is 0.560. The van der Waals surface area contributed by atoms with Gasteiger partial charge in [0.05, 0.1) is 12.5 Å². The van der Waals surface area contributed by atoms with Gasteiger partial charge in [-0.3, -0.25) is 9.59 Å². The quantitative estimate of drug-likeness (QED) is 0.599. The van der Waals surface area contributed by atoms with Crippen molar-refractivity contribution in [3.8, 4) is 0 Å². The van der Waals surface area contributed by atoms with Crippen LogP contribution in [0, 0.1) is 5.92 Å². The molecule has 1 aliphatic heterocycles. The van der Waals surface area contributed by atoms with Crippen LogP contribution in [0.4, 0.5) is 5.69 Å². The lowest BCUT2D eigenvalue weighted by atomic mass is 9.98. The van der Waals surface area contributed by atoms with Crippen molar-refractivity contribution in [3.63, 3.8) is 0 Å². The molecule has 0 aliphatic carbocycles. The van der Waals surface area contributed by atoms with Crippen molar-refractivity contribution >= 4 is 17.5 Å². The second kappa shape index (κ2) is 7.97. The average Bonchev–Trinajstić information content (AvgIpc) is 2.95. The van der Waals surface area contributed by atoms with Crippen LogP contribution in [0.25, 0.3) is 0 Å². The van der Waals surface area contributed by atoms with E-state index in [4.69, 9.17) is 5.11 Å². The first-order chi connectivity index (χ1) is 11.0. The summed E-state index contributed by atoms with van der Waals surface area (Å²) < 4.78 is 0. The van der Waals surface area contributed by atoms with E-state index >= 15 is 0 Å². The number of hydrogen-bond acceptors (Lipinski definition) is 4. The highest BCUT2D eigenvalue weighted by atomic mass is 16.3. The number of para-hydroxylation sites is 1. The Labute approximate surface area is 136 Å². The Morgan fingerprint density at radius 2 is 2.09 bits per heavy atom. The molecule has 0 bridgehead atoms. The van der Waals surface area contributed by atoms with Crippen LogP contribution >= 0.6 is 0 Å². The van der Waals surface area contributed by atoms with Crippen LogP contribution in [0.2, 0.25) is 0 Å². The van der Waals surface area contributed by atoms with E-state index in [9.17, 15) is 9.59 Å². The molecule has 2 amide bonds.